The molecule has 29 heavy (non-hydrogen) atoms. The van der Waals surface area contributed by atoms with Gasteiger partial charge in [-0.15, -0.1) is 24.0 Å². The smallest absolute Gasteiger partial charge is 0.387 e. The summed E-state index contributed by atoms with van der Waals surface area (Å²) in [7, 11) is 0. The number of alkyl halides is 2. The third-order valence-electron chi connectivity index (χ3n) is 3.92. The lowest BCUT2D eigenvalue weighted by molar-refractivity contribution is -0.0505. The van der Waals surface area contributed by atoms with Gasteiger partial charge in [-0.25, -0.2) is 4.99 Å². The van der Waals surface area contributed by atoms with Gasteiger partial charge < -0.3 is 30.0 Å². The molecule has 0 aliphatic carbocycles. The minimum atomic E-state index is -2.95. The van der Waals surface area contributed by atoms with E-state index in [0.717, 1.165) is 5.56 Å². The van der Waals surface area contributed by atoms with Gasteiger partial charge in [-0.05, 0) is 30.7 Å². The van der Waals surface area contributed by atoms with Crippen LogP contribution < -0.4 is 24.8 Å². The molecule has 2 aromatic rings. The van der Waals surface area contributed by atoms with E-state index >= 15 is 0 Å². The maximum absolute atomic E-state index is 12.7. The van der Waals surface area contributed by atoms with Crippen LogP contribution in [0.2, 0.25) is 0 Å². The lowest BCUT2D eigenvalue weighted by Gasteiger charge is -2.15. The van der Waals surface area contributed by atoms with Crippen LogP contribution in [0.4, 0.5) is 8.78 Å². The number of nitrogens with one attached hydrogen (secondary N) is 2. The number of hydrogen-bond donors (Lipinski definition) is 3. The molecule has 1 aliphatic rings. The molecule has 0 fully saturated rings. The van der Waals surface area contributed by atoms with Gasteiger partial charge in [0.2, 0.25) is 6.79 Å². The van der Waals surface area contributed by atoms with E-state index in [1.54, 1.807) is 30.3 Å². The molecule has 158 valence electrons. The molecule has 0 unspecified atom stereocenters. The number of hydrogen-bond acceptors (Lipinski definition) is 5. The second-order valence-corrected chi connectivity index (χ2v) is 5.91. The third kappa shape index (κ3) is 6.51. The summed E-state index contributed by atoms with van der Waals surface area (Å²) in [6.45, 7) is 0.219. The first-order valence-corrected chi connectivity index (χ1v) is 8.72. The summed E-state index contributed by atoms with van der Waals surface area (Å²) in [4.78, 5) is 4.46. The Kier molecular flexibility index (Phi) is 8.55. The number of fused-ring (bicyclic) bond motifs is 1. The molecule has 7 nitrogen and oxygen atoms in total. The van der Waals surface area contributed by atoms with Gasteiger partial charge in [-0.1, -0.05) is 12.1 Å². The summed E-state index contributed by atoms with van der Waals surface area (Å²) in [6, 6.07) is 9.73. The Morgan fingerprint density at radius 2 is 1.86 bits per heavy atom. The summed E-state index contributed by atoms with van der Waals surface area (Å²) in [6.07, 6.45) is 0. The van der Waals surface area contributed by atoms with Gasteiger partial charge in [0.15, 0.2) is 17.5 Å². The van der Waals surface area contributed by atoms with E-state index in [0.29, 0.717) is 36.1 Å². The van der Waals surface area contributed by atoms with Gasteiger partial charge in [0.1, 0.15) is 11.5 Å². The number of guanidine groups is 1. The van der Waals surface area contributed by atoms with E-state index in [-0.39, 0.29) is 48.8 Å². The van der Waals surface area contributed by atoms with Crippen LogP contribution in [-0.4, -0.2) is 31.0 Å². The van der Waals surface area contributed by atoms with Crippen LogP contribution in [0.5, 0.6) is 23.0 Å². The molecule has 10 heteroatoms. The lowest BCUT2D eigenvalue weighted by atomic mass is 10.1. The Balaban J connectivity index is 0.00000300. The van der Waals surface area contributed by atoms with Crippen molar-refractivity contribution in [3.63, 3.8) is 0 Å². The van der Waals surface area contributed by atoms with E-state index < -0.39 is 6.61 Å². The largest absolute Gasteiger partial charge is 0.508 e. The molecule has 1 aliphatic heterocycles. The molecule has 1 heterocycles. The van der Waals surface area contributed by atoms with Crippen molar-refractivity contribution in [2.45, 2.75) is 26.6 Å². The summed E-state index contributed by atoms with van der Waals surface area (Å²) in [5.41, 5.74) is 1.40. The molecule has 0 spiro atoms. The summed E-state index contributed by atoms with van der Waals surface area (Å²) in [5.74, 6) is 1.56. The minimum absolute atomic E-state index is 0. The number of nitrogens with zero attached hydrogens (tertiary/aromatic N) is 1. The highest BCUT2D eigenvalue weighted by Gasteiger charge is 2.20. The van der Waals surface area contributed by atoms with Gasteiger partial charge in [-0.2, -0.15) is 8.78 Å². The molecule has 0 radical (unpaired) electrons. The zero-order valence-electron chi connectivity index (χ0n) is 15.7. The summed E-state index contributed by atoms with van der Waals surface area (Å²) >= 11 is 0. The molecule has 0 saturated heterocycles. The molecular formula is C19H22F2IN3O4. The number of benzene rings is 2. The molecule has 0 aromatic heterocycles. The first kappa shape index (κ1) is 22.8. The lowest BCUT2D eigenvalue weighted by Crippen LogP contribution is -2.36. The first-order valence-electron chi connectivity index (χ1n) is 8.72. The van der Waals surface area contributed by atoms with Crippen molar-refractivity contribution in [1.82, 2.24) is 10.6 Å². The molecule has 3 rings (SSSR count). The number of ether oxygens (including phenoxy) is 3. The average molecular weight is 521 g/mol. The fourth-order valence-corrected chi connectivity index (χ4v) is 2.60. The van der Waals surface area contributed by atoms with E-state index in [2.05, 4.69) is 20.4 Å². The molecule has 2 aromatic carbocycles. The quantitative estimate of drug-likeness (QED) is 0.294. The molecule has 0 bridgehead atoms. The van der Waals surface area contributed by atoms with Crippen LogP contribution in [-0.2, 0) is 13.1 Å². The van der Waals surface area contributed by atoms with Gasteiger partial charge in [0, 0.05) is 24.7 Å². The van der Waals surface area contributed by atoms with Crippen LogP contribution in [0.25, 0.3) is 0 Å². The predicted molar refractivity (Wildman–Crippen MR) is 114 cm³/mol. The molecule has 0 amide bonds. The van der Waals surface area contributed by atoms with Crippen molar-refractivity contribution >= 4 is 29.9 Å². The highest BCUT2D eigenvalue weighted by atomic mass is 127. The normalized spacial score (nSPS) is 12.5. The number of phenols is 1. The third-order valence-corrected chi connectivity index (χ3v) is 3.92. The maximum atomic E-state index is 12.7. The van der Waals surface area contributed by atoms with E-state index in [9.17, 15) is 13.9 Å². The second kappa shape index (κ2) is 10.9. The number of aromatic hydroxyl groups is 1. The van der Waals surface area contributed by atoms with Gasteiger partial charge in [0.25, 0.3) is 0 Å². The van der Waals surface area contributed by atoms with Crippen LogP contribution >= 0.6 is 24.0 Å². The fourth-order valence-electron chi connectivity index (χ4n) is 2.60. The Morgan fingerprint density at radius 3 is 2.52 bits per heavy atom. The van der Waals surface area contributed by atoms with Crippen molar-refractivity contribution in [2.75, 3.05) is 13.3 Å². The predicted octanol–water partition coefficient (Wildman–Crippen LogP) is 3.60. The Labute approximate surface area is 184 Å². The van der Waals surface area contributed by atoms with Crippen molar-refractivity contribution in [1.29, 1.82) is 0 Å². The molecule has 3 N–H and O–H groups in total. The van der Waals surface area contributed by atoms with Gasteiger partial charge in [-0.3, -0.25) is 0 Å². The highest BCUT2D eigenvalue weighted by Crippen LogP contribution is 2.38. The topological polar surface area (TPSA) is 84.3 Å². The van der Waals surface area contributed by atoms with E-state index in [1.165, 1.54) is 6.07 Å². The Bertz CT molecular complexity index is 835. The molecule has 0 atom stereocenters. The number of halogens is 3. The standard InChI is InChI=1S/C19H21F2N3O4.HI/c1-2-22-19(23-9-12-3-5-14(25)6-4-12)24-10-13-7-16-17(27-11-26-16)8-15(13)28-18(20)21;/h3-8,18,25H,2,9-11H2,1H3,(H2,22,23,24);1H. The van der Waals surface area contributed by atoms with Crippen molar-refractivity contribution in [2.24, 2.45) is 4.99 Å². The molecule has 0 saturated carbocycles. The van der Waals surface area contributed by atoms with Crippen molar-refractivity contribution in [3.8, 4) is 23.0 Å². The fraction of sp³-hybridized carbons (Fsp3) is 0.316. The maximum Gasteiger partial charge on any atom is 0.387 e. The zero-order valence-corrected chi connectivity index (χ0v) is 18.0. The second-order valence-electron chi connectivity index (χ2n) is 5.91. The molecular weight excluding hydrogens is 499 g/mol. The monoisotopic (exact) mass is 521 g/mol. The SMILES string of the molecule is CCNC(=NCc1ccc(O)cc1)NCc1cc2c(cc1OC(F)F)OCO2.I. The number of phenolic OH excluding ortho intramolecular Hbond substituents is 1. The van der Waals surface area contributed by atoms with Crippen LogP contribution in [0.15, 0.2) is 41.4 Å². The summed E-state index contributed by atoms with van der Waals surface area (Å²) in [5, 5.41) is 15.5. The Hall–Kier alpha value is -2.50. The van der Waals surface area contributed by atoms with Crippen LogP contribution in [0.3, 0.4) is 0 Å². The van der Waals surface area contributed by atoms with Crippen molar-refractivity contribution in [3.05, 3.63) is 47.5 Å². The van der Waals surface area contributed by atoms with E-state index in [1.807, 2.05) is 6.92 Å². The average Bonchev–Trinajstić information content (AvgIpc) is 3.12. The van der Waals surface area contributed by atoms with Crippen LogP contribution in [0, 0.1) is 0 Å². The summed E-state index contributed by atoms with van der Waals surface area (Å²) < 4.78 is 40.6. The van der Waals surface area contributed by atoms with Crippen LogP contribution in [0.1, 0.15) is 18.1 Å². The van der Waals surface area contributed by atoms with Crippen molar-refractivity contribution < 1.29 is 28.1 Å². The van der Waals surface area contributed by atoms with E-state index in [4.69, 9.17) is 9.47 Å². The number of rotatable bonds is 7. The first-order chi connectivity index (χ1) is 13.5. The van der Waals surface area contributed by atoms with Gasteiger partial charge in [0.05, 0.1) is 6.54 Å². The Morgan fingerprint density at radius 1 is 1.17 bits per heavy atom. The highest BCUT2D eigenvalue weighted by molar-refractivity contribution is 14.0. The minimum Gasteiger partial charge on any atom is -0.508 e. The van der Waals surface area contributed by atoms with Gasteiger partial charge >= 0.3 is 6.61 Å². The zero-order chi connectivity index (χ0) is 19.9. The number of aliphatic imine (C=N–C) groups is 1.